The van der Waals surface area contributed by atoms with Crippen LogP contribution in [0.3, 0.4) is 0 Å². The van der Waals surface area contributed by atoms with Gasteiger partial charge in [0.25, 0.3) is 0 Å². The molecule has 3 heterocycles. The number of carbonyl (C=O) groups is 1. The third-order valence-corrected chi connectivity index (χ3v) is 6.99. The Kier molecular flexibility index (Phi) is 4.47. The first kappa shape index (κ1) is 19.7. The maximum atomic E-state index is 15.5. The average molecular weight is 456 g/mol. The first-order valence-corrected chi connectivity index (χ1v) is 11.2. The van der Waals surface area contributed by atoms with Gasteiger partial charge in [0.1, 0.15) is 17.6 Å². The lowest BCUT2D eigenvalue weighted by molar-refractivity contribution is -0.117. The average Bonchev–Trinajstić information content (AvgIpc) is 3.21. The van der Waals surface area contributed by atoms with Crippen LogP contribution in [0.25, 0.3) is 27.7 Å². The summed E-state index contributed by atoms with van der Waals surface area (Å²) in [5, 5.41) is 10.7. The molecule has 3 aromatic heterocycles. The summed E-state index contributed by atoms with van der Waals surface area (Å²) in [6, 6.07) is 3.58. The van der Waals surface area contributed by atoms with Crippen LogP contribution in [0.15, 0.2) is 30.7 Å². The van der Waals surface area contributed by atoms with E-state index in [2.05, 4.69) is 20.5 Å². The molecule has 1 amide bonds. The largest absolute Gasteiger partial charge is 0.309 e. The normalized spacial score (nSPS) is 21.0. The summed E-state index contributed by atoms with van der Waals surface area (Å²) < 4.78 is 30.4. The smallest absolute Gasteiger partial charge is 0.231 e. The molecule has 0 saturated heterocycles. The molecule has 2 N–H and O–H groups in total. The maximum absolute atomic E-state index is 15.5. The van der Waals surface area contributed by atoms with Crippen LogP contribution in [0.5, 0.6) is 0 Å². The Hall–Kier alpha value is -3.00. The number of anilines is 1. The number of benzene rings is 1. The Balaban J connectivity index is 1.42. The first-order chi connectivity index (χ1) is 15.5. The zero-order valence-electron chi connectivity index (χ0n) is 17.0. The van der Waals surface area contributed by atoms with E-state index in [-0.39, 0.29) is 23.3 Å². The number of fused-ring (bicyclic) bond motifs is 2. The standard InChI is InChI=1S/C23H20ClF2N5O/c24-20-18(14-8-27-30-22(14)19(21(20)26)11-3-1-2-4-11)12-5-6-17-28-16(10-31(17)9-12)29-23(32)13-7-15(13)25/h5-6,8-11,13,15H,1-4,7H2,(H,27,30)(H,29,32). The molecule has 2 atom stereocenters. The molecule has 9 heteroatoms. The van der Waals surface area contributed by atoms with E-state index < -0.39 is 17.9 Å². The molecule has 0 radical (unpaired) electrons. The lowest BCUT2D eigenvalue weighted by Crippen LogP contribution is -2.15. The Bertz CT molecular complexity index is 1370. The van der Waals surface area contributed by atoms with Crippen molar-refractivity contribution < 1.29 is 13.6 Å². The predicted octanol–water partition coefficient (Wildman–Crippen LogP) is 5.62. The fourth-order valence-corrected chi connectivity index (χ4v) is 5.18. The molecule has 6 rings (SSSR count). The van der Waals surface area contributed by atoms with Gasteiger partial charge in [0, 0.05) is 28.3 Å². The zero-order chi connectivity index (χ0) is 22.0. The van der Waals surface area contributed by atoms with E-state index in [0.29, 0.717) is 33.7 Å². The van der Waals surface area contributed by atoms with Gasteiger partial charge in [-0.25, -0.2) is 13.8 Å². The van der Waals surface area contributed by atoms with Gasteiger partial charge < -0.3 is 9.72 Å². The number of imidazole rings is 1. The van der Waals surface area contributed by atoms with Crippen molar-refractivity contribution in [2.24, 2.45) is 5.92 Å². The minimum Gasteiger partial charge on any atom is -0.309 e. The summed E-state index contributed by atoms with van der Waals surface area (Å²) in [6.45, 7) is 0. The predicted molar refractivity (Wildman–Crippen MR) is 118 cm³/mol. The second-order valence-electron chi connectivity index (χ2n) is 8.71. The number of halogens is 3. The highest BCUT2D eigenvalue weighted by Gasteiger charge is 2.43. The topological polar surface area (TPSA) is 75.1 Å². The molecule has 2 unspecified atom stereocenters. The number of nitrogens with zero attached hydrogens (tertiary/aromatic N) is 3. The van der Waals surface area contributed by atoms with Gasteiger partial charge >= 0.3 is 0 Å². The lowest BCUT2D eigenvalue weighted by atomic mass is 9.91. The highest BCUT2D eigenvalue weighted by atomic mass is 35.5. The summed E-state index contributed by atoms with van der Waals surface area (Å²) in [5.41, 5.74) is 3.18. The molecule has 0 aliphatic heterocycles. The third-order valence-electron chi connectivity index (χ3n) is 6.63. The van der Waals surface area contributed by atoms with Gasteiger partial charge in [-0.15, -0.1) is 0 Å². The van der Waals surface area contributed by atoms with Crippen molar-refractivity contribution in [1.29, 1.82) is 0 Å². The Morgan fingerprint density at radius 3 is 2.78 bits per heavy atom. The highest BCUT2D eigenvalue weighted by molar-refractivity contribution is 6.35. The number of hydrogen-bond donors (Lipinski definition) is 2. The number of H-pyrrole nitrogens is 1. The zero-order valence-corrected chi connectivity index (χ0v) is 17.8. The summed E-state index contributed by atoms with van der Waals surface area (Å²) in [7, 11) is 0. The van der Waals surface area contributed by atoms with Crippen molar-refractivity contribution in [3.63, 3.8) is 0 Å². The molecule has 4 aromatic rings. The van der Waals surface area contributed by atoms with Crippen LogP contribution >= 0.6 is 11.6 Å². The molecule has 1 aromatic carbocycles. The Morgan fingerprint density at radius 2 is 2.03 bits per heavy atom. The number of hydrogen-bond acceptors (Lipinski definition) is 3. The molecule has 0 bridgehead atoms. The number of nitrogens with one attached hydrogen (secondary N) is 2. The van der Waals surface area contributed by atoms with Crippen molar-refractivity contribution >= 4 is 39.9 Å². The van der Waals surface area contributed by atoms with Crippen molar-refractivity contribution in [3.8, 4) is 11.1 Å². The number of aromatic nitrogens is 4. The van der Waals surface area contributed by atoms with Gasteiger partial charge in [0.2, 0.25) is 5.91 Å². The molecule has 32 heavy (non-hydrogen) atoms. The number of alkyl halides is 1. The molecule has 2 saturated carbocycles. The number of pyridine rings is 1. The van der Waals surface area contributed by atoms with E-state index in [1.54, 1.807) is 29.1 Å². The van der Waals surface area contributed by atoms with E-state index in [1.165, 1.54) is 0 Å². The molecule has 2 aliphatic carbocycles. The minimum atomic E-state index is -1.07. The Labute approximate surface area is 187 Å². The summed E-state index contributed by atoms with van der Waals surface area (Å²) in [6.07, 6.45) is 8.36. The van der Waals surface area contributed by atoms with Crippen molar-refractivity contribution in [1.82, 2.24) is 19.6 Å². The monoisotopic (exact) mass is 455 g/mol. The molecule has 0 spiro atoms. The van der Waals surface area contributed by atoms with Crippen molar-refractivity contribution in [2.75, 3.05) is 5.32 Å². The maximum Gasteiger partial charge on any atom is 0.231 e. The van der Waals surface area contributed by atoms with Gasteiger partial charge in [-0.05, 0) is 37.3 Å². The van der Waals surface area contributed by atoms with Crippen LogP contribution < -0.4 is 5.32 Å². The molecule has 164 valence electrons. The molecule has 2 aliphatic rings. The van der Waals surface area contributed by atoms with Crippen molar-refractivity contribution in [3.05, 3.63) is 47.1 Å². The lowest BCUT2D eigenvalue weighted by Gasteiger charge is -2.16. The van der Waals surface area contributed by atoms with E-state index >= 15 is 4.39 Å². The van der Waals surface area contributed by atoms with Gasteiger partial charge in [0.05, 0.1) is 28.9 Å². The van der Waals surface area contributed by atoms with E-state index in [1.807, 2.05) is 6.07 Å². The molecule has 2 fully saturated rings. The fraction of sp³-hybridized carbons (Fsp3) is 0.348. The van der Waals surface area contributed by atoms with E-state index in [9.17, 15) is 9.18 Å². The van der Waals surface area contributed by atoms with Gasteiger partial charge in [0.15, 0.2) is 5.82 Å². The van der Waals surface area contributed by atoms with Crippen LogP contribution in [0.2, 0.25) is 5.02 Å². The summed E-state index contributed by atoms with van der Waals surface area (Å²) >= 11 is 6.59. The van der Waals surface area contributed by atoms with Crippen LogP contribution in [-0.4, -0.2) is 31.7 Å². The third kappa shape index (κ3) is 3.08. The highest BCUT2D eigenvalue weighted by Crippen LogP contribution is 2.45. The number of carbonyl (C=O) groups excluding carboxylic acids is 1. The first-order valence-electron chi connectivity index (χ1n) is 10.8. The number of amides is 1. The van der Waals surface area contributed by atoms with Crippen LogP contribution in [-0.2, 0) is 4.79 Å². The quantitative estimate of drug-likeness (QED) is 0.419. The van der Waals surface area contributed by atoms with Crippen LogP contribution in [0.1, 0.15) is 43.6 Å². The van der Waals surface area contributed by atoms with Gasteiger partial charge in [-0.2, -0.15) is 5.10 Å². The fourth-order valence-electron chi connectivity index (χ4n) is 4.87. The second-order valence-corrected chi connectivity index (χ2v) is 9.09. The van der Waals surface area contributed by atoms with E-state index in [0.717, 1.165) is 31.1 Å². The summed E-state index contributed by atoms with van der Waals surface area (Å²) in [5.74, 6) is -0.872. The molecule has 6 nitrogen and oxygen atoms in total. The molecular formula is C23H20ClF2N5O. The SMILES string of the molecule is O=C(Nc1cn2cc(-c3c(Cl)c(F)c(C4CCCC4)c4[nH]ncc34)ccc2n1)C1CC1F. The van der Waals surface area contributed by atoms with Crippen LogP contribution in [0.4, 0.5) is 14.6 Å². The second kappa shape index (κ2) is 7.27. The molecular weight excluding hydrogens is 436 g/mol. The minimum absolute atomic E-state index is 0.0801. The van der Waals surface area contributed by atoms with Gasteiger partial charge in [-0.1, -0.05) is 24.4 Å². The van der Waals surface area contributed by atoms with Gasteiger partial charge in [-0.3, -0.25) is 9.89 Å². The van der Waals surface area contributed by atoms with Crippen LogP contribution in [0, 0.1) is 11.7 Å². The Morgan fingerprint density at radius 1 is 1.25 bits per heavy atom. The number of rotatable bonds is 4. The van der Waals surface area contributed by atoms with Crippen molar-refractivity contribution in [2.45, 2.75) is 44.2 Å². The number of aromatic amines is 1. The van der Waals surface area contributed by atoms with E-state index in [4.69, 9.17) is 11.6 Å². The summed E-state index contributed by atoms with van der Waals surface area (Å²) in [4.78, 5) is 16.4.